The number of carbonyl (C=O) groups is 1. The van der Waals surface area contributed by atoms with Gasteiger partial charge in [-0.15, -0.1) is 0 Å². The standard InChI is InChI=1S/C21H22ClN3O5S/c1-13(2)21-24-17-12-15(4-6-18(17)30-21)23-20(26)14-3-5-16(22)19(11-14)31(27,28)25-7-9-29-10-8-25/h3-6,11-13H,7-10H2,1-2H3,(H,23,26). The molecular formula is C21H22ClN3O5S. The number of aromatic nitrogens is 1. The normalized spacial score (nSPS) is 15.5. The third-order valence-corrected chi connectivity index (χ3v) is 7.32. The zero-order chi connectivity index (χ0) is 22.2. The number of carbonyl (C=O) groups excluding carboxylic acids is 1. The van der Waals surface area contributed by atoms with Crippen LogP contribution in [-0.4, -0.2) is 49.9 Å². The Balaban J connectivity index is 1.59. The summed E-state index contributed by atoms with van der Waals surface area (Å²) in [6.45, 7) is 5.09. The molecule has 0 radical (unpaired) electrons. The Morgan fingerprint density at radius 1 is 1.16 bits per heavy atom. The number of benzene rings is 2. The van der Waals surface area contributed by atoms with Crippen molar-refractivity contribution < 1.29 is 22.4 Å². The maximum Gasteiger partial charge on any atom is 0.255 e. The Kier molecular flexibility index (Phi) is 6.02. The summed E-state index contributed by atoms with van der Waals surface area (Å²) < 4.78 is 38.2. The van der Waals surface area contributed by atoms with Gasteiger partial charge in [-0.1, -0.05) is 25.4 Å². The first-order chi connectivity index (χ1) is 14.8. The van der Waals surface area contributed by atoms with Crippen LogP contribution in [0.15, 0.2) is 45.7 Å². The first kappa shape index (κ1) is 21.8. The van der Waals surface area contributed by atoms with Crippen molar-refractivity contribution in [1.29, 1.82) is 0 Å². The van der Waals surface area contributed by atoms with Crippen LogP contribution < -0.4 is 5.32 Å². The van der Waals surface area contributed by atoms with Gasteiger partial charge in [0.25, 0.3) is 5.91 Å². The van der Waals surface area contributed by atoms with Crippen LogP contribution in [0.4, 0.5) is 5.69 Å². The van der Waals surface area contributed by atoms with Crippen molar-refractivity contribution in [2.45, 2.75) is 24.7 Å². The monoisotopic (exact) mass is 463 g/mol. The Morgan fingerprint density at radius 3 is 2.61 bits per heavy atom. The molecule has 164 valence electrons. The Morgan fingerprint density at radius 2 is 1.90 bits per heavy atom. The molecule has 31 heavy (non-hydrogen) atoms. The number of anilines is 1. The number of nitrogens with zero attached hydrogens (tertiary/aromatic N) is 2. The van der Waals surface area contributed by atoms with E-state index >= 15 is 0 Å². The van der Waals surface area contributed by atoms with Gasteiger partial charge in [-0.05, 0) is 36.4 Å². The lowest BCUT2D eigenvalue weighted by Crippen LogP contribution is -2.40. The highest BCUT2D eigenvalue weighted by atomic mass is 35.5. The van der Waals surface area contributed by atoms with Gasteiger partial charge < -0.3 is 14.5 Å². The summed E-state index contributed by atoms with van der Waals surface area (Å²) in [6.07, 6.45) is 0. The maximum absolute atomic E-state index is 13.0. The zero-order valence-electron chi connectivity index (χ0n) is 17.1. The summed E-state index contributed by atoms with van der Waals surface area (Å²) in [5.74, 6) is 0.308. The molecule has 8 nitrogen and oxygen atoms in total. The predicted octanol–water partition coefficient (Wildman–Crippen LogP) is 3.88. The van der Waals surface area contributed by atoms with Crippen LogP contribution in [0.3, 0.4) is 0 Å². The molecule has 1 saturated heterocycles. The van der Waals surface area contributed by atoms with Gasteiger partial charge in [0.2, 0.25) is 10.0 Å². The number of sulfonamides is 1. The van der Waals surface area contributed by atoms with Crippen molar-refractivity contribution in [3.63, 3.8) is 0 Å². The first-order valence-corrected chi connectivity index (χ1v) is 11.7. The van der Waals surface area contributed by atoms with Gasteiger partial charge in [0.1, 0.15) is 10.4 Å². The lowest BCUT2D eigenvalue weighted by Gasteiger charge is -2.26. The van der Waals surface area contributed by atoms with Crippen LogP contribution in [0.2, 0.25) is 5.02 Å². The van der Waals surface area contributed by atoms with Crippen LogP contribution in [0, 0.1) is 0 Å². The summed E-state index contributed by atoms with van der Waals surface area (Å²) in [4.78, 5) is 17.1. The topological polar surface area (TPSA) is 102 Å². The van der Waals surface area contributed by atoms with Crippen molar-refractivity contribution in [3.05, 3.63) is 52.9 Å². The summed E-state index contributed by atoms with van der Waals surface area (Å²) >= 11 is 6.17. The van der Waals surface area contributed by atoms with E-state index < -0.39 is 15.9 Å². The second kappa shape index (κ2) is 8.58. The van der Waals surface area contributed by atoms with E-state index in [1.807, 2.05) is 13.8 Å². The molecule has 0 saturated carbocycles. The van der Waals surface area contributed by atoms with Crippen LogP contribution in [-0.2, 0) is 14.8 Å². The average molecular weight is 464 g/mol. The molecule has 1 amide bonds. The molecule has 0 aliphatic carbocycles. The lowest BCUT2D eigenvalue weighted by molar-refractivity contribution is 0.0730. The molecule has 1 aliphatic rings. The lowest BCUT2D eigenvalue weighted by atomic mass is 10.2. The highest BCUT2D eigenvalue weighted by Gasteiger charge is 2.29. The zero-order valence-corrected chi connectivity index (χ0v) is 18.7. The van der Waals surface area contributed by atoms with Gasteiger partial charge in [0, 0.05) is 30.3 Å². The van der Waals surface area contributed by atoms with E-state index in [4.69, 9.17) is 20.8 Å². The number of amides is 1. The van der Waals surface area contributed by atoms with E-state index in [1.165, 1.54) is 22.5 Å². The summed E-state index contributed by atoms with van der Waals surface area (Å²) in [7, 11) is -3.84. The molecule has 1 fully saturated rings. The number of fused-ring (bicyclic) bond motifs is 1. The number of oxazole rings is 1. The van der Waals surface area contributed by atoms with Crippen molar-refractivity contribution in [2.75, 3.05) is 31.6 Å². The van der Waals surface area contributed by atoms with E-state index in [1.54, 1.807) is 18.2 Å². The Hall–Kier alpha value is -2.46. The smallest absolute Gasteiger partial charge is 0.255 e. The van der Waals surface area contributed by atoms with Crippen LogP contribution in [0.25, 0.3) is 11.1 Å². The second-order valence-corrected chi connectivity index (χ2v) is 9.82. The van der Waals surface area contributed by atoms with Crippen molar-refractivity contribution in [1.82, 2.24) is 9.29 Å². The van der Waals surface area contributed by atoms with Gasteiger partial charge in [0.05, 0.1) is 18.2 Å². The fourth-order valence-electron chi connectivity index (χ4n) is 3.24. The van der Waals surface area contributed by atoms with Gasteiger partial charge in [-0.25, -0.2) is 13.4 Å². The average Bonchev–Trinajstić information content (AvgIpc) is 3.18. The molecule has 4 rings (SSSR count). The van der Waals surface area contributed by atoms with E-state index in [9.17, 15) is 13.2 Å². The molecular weight excluding hydrogens is 442 g/mol. The minimum absolute atomic E-state index is 0.0632. The van der Waals surface area contributed by atoms with Crippen molar-refractivity contribution >= 4 is 44.3 Å². The SMILES string of the molecule is CC(C)c1nc2cc(NC(=O)c3ccc(Cl)c(S(=O)(=O)N4CCOCC4)c3)ccc2o1. The van der Waals surface area contributed by atoms with Crippen LogP contribution >= 0.6 is 11.6 Å². The summed E-state index contributed by atoms with van der Waals surface area (Å²) in [5.41, 5.74) is 1.97. The molecule has 0 spiro atoms. The van der Waals surface area contributed by atoms with E-state index in [-0.39, 0.29) is 34.5 Å². The van der Waals surface area contributed by atoms with Gasteiger partial charge >= 0.3 is 0 Å². The summed E-state index contributed by atoms with van der Waals surface area (Å²) in [6, 6.07) is 9.36. The molecule has 1 aromatic heterocycles. The quantitative estimate of drug-likeness (QED) is 0.616. The number of ether oxygens (including phenoxy) is 1. The molecule has 1 N–H and O–H groups in total. The fraction of sp³-hybridized carbons (Fsp3) is 0.333. The minimum Gasteiger partial charge on any atom is -0.440 e. The number of halogens is 1. The van der Waals surface area contributed by atoms with Crippen molar-refractivity contribution in [3.8, 4) is 0 Å². The number of hydrogen-bond acceptors (Lipinski definition) is 6. The molecule has 0 bridgehead atoms. The third-order valence-electron chi connectivity index (χ3n) is 4.94. The molecule has 1 aliphatic heterocycles. The van der Waals surface area contributed by atoms with Gasteiger partial charge in [0.15, 0.2) is 11.5 Å². The Labute approximate surface area is 185 Å². The predicted molar refractivity (Wildman–Crippen MR) is 117 cm³/mol. The van der Waals surface area contributed by atoms with E-state index in [2.05, 4.69) is 10.3 Å². The van der Waals surface area contributed by atoms with Gasteiger partial charge in [-0.2, -0.15) is 4.31 Å². The molecule has 2 heterocycles. The van der Waals surface area contributed by atoms with E-state index in [0.29, 0.717) is 35.9 Å². The highest BCUT2D eigenvalue weighted by Crippen LogP contribution is 2.28. The Bertz CT molecular complexity index is 1230. The largest absolute Gasteiger partial charge is 0.440 e. The van der Waals surface area contributed by atoms with Crippen LogP contribution in [0.5, 0.6) is 0 Å². The number of hydrogen-bond donors (Lipinski definition) is 1. The first-order valence-electron chi connectivity index (χ1n) is 9.85. The third kappa shape index (κ3) is 4.45. The molecule has 0 atom stereocenters. The molecule has 0 unspecified atom stereocenters. The fourth-order valence-corrected chi connectivity index (χ4v) is 5.15. The molecule has 2 aromatic carbocycles. The number of morpholine rings is 1. The number of rotatable bonds is 5. The van der Waals surface area contributed by atoms with Crippen molar-refractivity contribution in [2.24, 2.45) is 0 Å². The summed E-state index contributed by atoms with van der Waals surface area (Å²) in [5, 5.41) is 2.84. The number of nitrogens with one attached hydrogen (secondary N) is 1. The minimum atomic E-state index is -3.84. The van der Waals surface area contributed by atoms with Gasteiger partial charge in [-0.3, -0.25) is 4.79 Å². The second-order valence-electron chi connectivity index (χ2n) is 7.51. The van der Waals surface area contributed by atoms with E-state index in [0.717, 1.165) is 0 Å². The maximum atomic E-state index is 13.0. The molecule has 3 aromatic rings. The molecule has 10 heteroatoms. The highest BCUT2D eigenvalue weighted by molar-refractivity contribution is 7.89. The van der Waals surface area contributed by atoms with Crippen LogP contribution in [0.1, 0.15) is 36.0 Å².